The van der Waals surface area contributed by atoms with Crippen LogP contribution in [-0.2, 0) is 38.4 Å². The summed E-state index contributed by atoms with van der Waals surface area (Å²) >= 11 is 18.5. The van der Waals surface area contributed by atoms with E-state index in [9.17, 15) is 43.5 Å². The Kier molecular flexibility index (Phi) is 17.0. The van der Waals surface area contributed by atoms with Gasteiger partial charge in [0.1, 0.15) is 11.6 Å². The highest BCUT2D eigenvalue weighted by Crippen LogP contribution is 2.51. The predicted octanol–water partition coefficient (Wildman–Crippen LogP) is 11.2. The van der Waals surface area contributed by atoms with E-state index < -0.39 is 17.8 Å². The number of carboxylic acid groups (broad SMARTS) is 1. The Morgan fingerprint density at radius 1 is 0.459 bits per heavy atom. The molecule has 3 aromatic carbocycles. The summed E-state index contributed by atoms with van der Waals surface area (Å²) in [5.41, 5.74) is 3.57. The minimum Gasteiger partial charge on any atom is -0.481 e. The van der Waals surface area contributed by atoms with Crippen LogP contribution in [0.2, 0.25) is 15.1 Å². The SMILES string of the molecule is CC(=O)C1C2C=CC(C2)C1C(=O)Nc1ccc(NC(=O)C2CCCCC2)c(Cl)c1.CC(=O)C1C2C=CC(C2)C1C(=O)Nc1cccc(Cl)c1C.CC(=O)Nc1cc(NC(=O)C2C3C=CC(C3)C2C(=O)O)ccc1Cl. The minimum absolute atomic E-state index is 0.0152. The van der Waals surface area contributed by atoms with E-state index in [1.807, 2.05) is 31.2 Å². The molecule has 390 valence electrons. The number of amides is 5. The first-order valence-corrected chi connectivity index (χ1v) is 26.6. The monoisotopic (exact) mass is 1070 g/mol. The van der Waals surface area contributed by atoms with Crippen molar-refractivity contribution in [3.05, 3.63) is 112 Å². The molecule has 12 atom stereocenters. The van der Waals surface area contributed by atoms with Gasteiger partial charge in [0.2, 0.25) is 29.5 Å². The van der Waals surface area contributed by atoms with Crippen LogP contribution in [0.4, 0.5) is 28.4 Å². The van der Waals surface area contributed by atoms with Crippen LogP contribution < -0.4 is 26.6 Å². The fourth-order valence-corrected chi connectivity index (χ4v) is 13.1. The highest BCUT2D eigenvalue weighted by Gasteiger charge is 2.53. The van der Waals surface area contributed by atoms with Crippen LogP contribution in [0.1, 0.15) is 77.7 Å². The number of ketones is 2. The number of benzene rings is 3. The van der Waals surface area contributed by atoms with Gasteiger partial charge in [0, 0.05) is 46.8 Å². The van der Waals surface area contributed by atoms with Gasteiger partial charge in [-0.2, -0.15) is 0 Å². The maximum atomic E-state index is 12.9. The lowest BCUT2D eigenvalue weighted by molar-refractivity contribution is -0.146. The standard InChI is InChI=1S/C23H27ClN2O3.C17H17ClN2O4.C17H18ClNO2/c1-13(27)20-15-7-8-16(11-15)21(20)23(29)25-17-9-10-19(18(24)12-17)26-22(28)14-5-3-2-4-6-14;1-8(21)19-13-7-11(4-5-12(13)18)20-16(22)14-9-2-3-10(6-9)15(14)17(23)24;1-9-13(18)4-3-5-14(9)19-17(21)16-12-7-6-11(8-12)15(16)10(2)20/h7-10,12,14-16,20-21H,2-6,11H2,1H3,(H,25,29)(H,26,28);2-5,7,9-10,14-15H,6H2,1H3,(H,19,21)(H,20,22)(H,23,24);3-7,11-12,15-16H,8H2,1-2H3,(H,19,21). The molecule has 0 aliphatic heterocycles. The van der Waals surface area contributed by atoms with E-state index in [0.29, 0.717) is 44.2 Å². The summed E-state index contributed by atoms with van der Waals surface area (Å²) in [6, 6.07) is 15.3. The van der Waals surface area contributed by atoms with Crippen LogP contribution in [0.25, 0.3) is 0 Å². The Labute approximate surface area is 445 Å². The average molecular weight is 1070 g/mol. The smallest absolute Gasteiger partial charge is 0.307 e. The van der Waals surface area contributed by atoms with E-state index in [-0.39, 0.29) is 106 Å². The molecule has 14 nitrogen and oxygen atoms in total. The molecular weight excluding hydrogens is 1010 g/mol. The summed E-state index contributed by atoms with van der Waals surface area (Å²) in [6.07, 6.45) is 19.8. The summed E-state index contributed by atoms with van der Waals surface area (Å²) in [5, 5.41) is 24.9. The van der Waals surface area contributed by atoms with Gasteiger partial charge in [-0.25, -0.2) is 0 Å². The zero-order chi connectivity index (χ0) is 53.1. The van der Waals surface area contributed by atoms with Crippen molar-refractivity contribution < 1.29 is 43.5 Å². The number of aliphatic carboxylic acids is 1. The first kappa shape index (κ1) is 54.2. The molecule has 0 radical (unpaired) electrons. The van der Waals surface area contributed by atoms with Crippen LogP contribution in [0, 0.1) is 83.9 Å². The van der Waals surface area contributed by atoms with Crippen LogP contribution in [0.3, 0.4) is 0 Å². The van der Waals surface area contributed by atoms with E-state index in [1.165, 1.54) is 13.3 Å². The van der Waals surface area contributed by atoms with Crippen LogP contribution >= 0.6 is 34.8 Å². The fourth-order valence-electron chi connectivity index (χ4n) is 12.6. The predicted molar refractivity (Wildman–Crippen MR) is 287 cm³/mol. The number of halogens is 3. The molecule has 17 heteroatoms. The second-order valence-electron chi connectivity index (χ2n) is 20.8. The maximum absolute atomic E-state index is 12.9. The number of fused-ring (bicyclic) bond motifs is 6. The molecule has 0 heterocycles. The summed E-state index contributed by atoms with van der Waals surface area (Å²) in [6.45, 7) is 6.39. The van der Waals surface area contributed by atoms with Crippen molar-refractivity contribution in [1.82, 2.24) is 0 Å². The molecule has 4 fully saturated rings. The second kappa shape index (κ2) is 23.2. The number of carbonyl (C=O) groups is 8. The van der Waals surface area contributed by atoms with Crippen LogP contribution in [-0.4, -0.2) is 52.2 Å². The first-order valence-electron chi connectivity index (χ1n) is 25.4. The van der Waals surface area contributed by atoms with Crippen molar-refractivity contribution in [2.45, 2.75) is 79.1 Å². The molecule has 4 saturated carbocycles. The van der Waals surface area contributed by atoms with Gasteiger partial charge in [-0.15, -0.1) is 0 Å². The maximum Gasteiger partial charge on any atom is 0.307 e. The van der Waals surface area contributed by atoms with E-state index in [1.54, 1.807) is 56.3 Å². The van der Waals surface area contributed by atoms with Gasteiger partial charge in [0.15, 0.2) is 0 Å². The second-order valence-corrected chi connectivity index (χ2v) is 22.1. The average Bonchev–Trinajstić information content (AvgIpc) is 4.25. The van der Waals surface area contributed by atoms with Crippen molar-refractivity contribution in [2.75, 3.05) is 26.6 Å². The minimum atomic E-state index is -0.943. The van der Waals surface area contributed by atoms with Gasteiger partial charge in [-0.1, -0.05) is 96.6 Å². The van der Waals surface area contributed by atoms with Crippen molar-refractivity contribution in [3.63, 3.8) is 0 Å². The van der Waals surface area contributed by atoms with Crippen molar-refractivity contribution in [1.29, 1.82) is 0 Å². The molecule has 0 spiro atoms. The van der Waals surface area contributed by atoms with Gasteiger partial charge in [0.05, 0.1) is 45.1 Å². The molecule has 5 amide bonds. The van der Waals surface area contributed by atoms with Gasteiger partial charge >= 0.3 is 5.97 Å². The molecule has 0 saturated heterocycles. The van der Waals surface area contributed by atoms with Gasteiger partial charge < -0.3 is 31.7 Å². The molecule has 3 aromatic rings. The topological polar surface area (TPSA) is 217 Å². The van der Waals surface area contributed by atoms with Gasteiger partial charge in [-0.05, 0) is 142 Å². The molecule has 6 N–H and O–H groups in total. The third kappa shape index (κ3) is 11.9. The van der Waals surface area contributed by atoms with E-state index in [4.69, 9.17) is 34.8 Å². The first-order chi connectivity index (χ1) is 35.3. The Bertz CT molecular complexity index is 2840. The van der Waals surface area contributed by atoms with Crippen LogP contribution in [0.15, 0.2) is 91.1 Å². The molecule has 74 heavy (non-hydrogen) atoms. The lowest BCUT2D eigenvalue weighted by Gasteiger charge is -2.25. The molecule has 0 aromatic heterocycles. The summed E-state index contributed by atoms with van der Waals surface area (Å²) < 4.78 is 0. The van der Waals surface area contributed by atoms with E-state index in [2.05, 4.69) is 50.9 Å². The number of allylic oxidation sites excluding steroid dienone is 6. The quantitative estimate of drug-likeness (QED) is 0.0950. The van der Waals surface area contributed by atoms with Gasteiger partial charge in [-0.3, -0.25) is 38.4 Å². The van der Waals surface area contributed by atoms with Crippen molar-refractivity contribution in [3.8, 4) is 0 Å². The van der Waals surface area contributed by atoms with Crippen molar-refractivity contribution >= 4 is 110 Å². The van der Waals surface area contributed by atoms with Crippen LogP contribution in [0.5, 0.6) is 0 Å². The number of rotatable bonds is 12. The zero-order valence-electron chi connectivity index (χ0n) is 41.7. The zero-order valence-corrected chi connectivity index (χ0v) is 43.9. The summed E-state index contributed by atoms with van der Waals surface area (Å²) in [4.78, 5) is 97.2. The number of carboxylic acids is 1. The number of hydrogen-bond donors (Lipinski definition) is 6. The Morgan fingerprint density at radius 2 is 0.919 bits per heavy atom. The van der Waals surface area contributed by atoms with Crippen molar-refractivity contribution in [2.24, 2.45) is 76.9 Å². The summed E-state index contributed by atoms with van der Waals surface area (Å²) in [7, 11) is 0. The molecule has 7 aliphatic rings. The normalized spacial score (nSPS) is 28.3. The lowest BCUT2D eigenvalue weighted by Crippen LogP contribution is -2.36. The highest BCUT2D eigenvalue weighted by molar-refractivity contribution is 6.34. The fraction of sp³-hybridized carbons (Fsp3) is 0.439. The Balaban J connectivity index is 0.000000150. The third-order valence-electron chi connectivity index (χ3n) is 16.1. The lowest BCUT2D eigenvalue weighted by atomic mass is 9.80. The Hall–Kier alpha value is -6.09. The molecule has 10 rings (SSSR count). The molecule has 6 bridgehead atoms. The third-order valence-corrected chi connectivity index (χ3v) is 17.1. The molecule has 7 aliphatic carbocycles. The number of hydrogen-bond acceptors (Lipinski definition) is 8. The largest absolute Gasteiger partial charge is 0.481 e. The Morgan fingerprint density at radius 3 is 1.42 bits per heavy atom. The summed E-state index contributed by atoms with van der Waals surface area (Å²) in [5.74, 6) is -3.21. The number of Topliss-reactive ketones (excluding diaryl/α,β-unsaturated/α-hetero) is 2. The number of nitrogens with one attached hydrogen (secondary N) is 5. The number of anilines is 5. The highest BCUT2D eigenvalue weighted by atomic mass is 35.5. The van der Waals surface area contributed by atoms with E-state index in [0.717, 1.165) is 49.8 Å². The molecular formula is C57H62Cl3N5O9. The van der Waals surface area contributed by atoms with Gasteiger partial charge in [0.25, 0.3) is 0 Å². The molecule has 12 unspecified atom stereocenters. The number of carbonyl (C=O) groups excluding carboxylic acids is 7. The van der Waals surface area contributed by atoms with E-state index >= 15 is 0 Å².